The molecule has 6 heteroatoms. The first-order chi connectivity index (χ1) is 7.00. The van der Waals surface area contributed by atoms with E-state index in [4.69, 9.17) is 5.73 Å². The van der Waals surface area contributed by atoms with Gasteiger partial charge in [0.05, 0.1) is 0 Å². The molecule has 0 radical (unpaired) electrons. The van der Waals surface area contributed by atoms with Crippen molar-refractivity contribution in [2.24, 2.45) is 5.73 Å². The molecule has 0 aromatic heterocycles. The molecule has 1 fully saturated rings. The number of likely N-dealkylation sites (tertiary alicyclic amines) is 1. The van der Waals surface area contributed by atoms with Gasteiger partial charge in [-0.2, -0.15) is 0 Å². The van der Waals surface area contributed by atoms with Crippen molar-refractivity contribution < 1.29 is 9.59 Å². The fraction of sp³-hybridized carbons (Fsp3) is 0.778. The molecule has 1 rings (SSSR count). The maximum absolute atomic E-state index is 11.4. The third-order valence-corrected chi connectivity index (χ3v) is 2.34. The maximum Gasteiger partial charge on any atom is 0.319 e. The number of hydrogen-bond acceptors (Lipinski definition) is 3. The Hall–Kier alpha value is -1.30. The van der Waals surface area contributed by atoms with Gasteiger partial charge in [-0.1, -0.05) is 0 Å². The highest BCUT2D eigenvalue weighted by atomic mass is 16.2. The number of rotatable bonds is 4. The van der Waals surface area contributed by atoms with Gasteiger partial charge < -0.3 is 20.9 Å². The zero-order chi connectivity index (χ0) is 11.4. The van der Waals surface area contributed by atoms with Crippen molar-refractivity contribution in [3.05, 3.63) is 0 Å². The van der Waals surface area contributed by atoms with E-state index in [2.05, 4.69) is 5.32 Å². The molecule has 0 bridgehead atoms. The Morgan fingerprint density at radius 3 is 2.53 bits per heavy atom. The van der Waals surface area contributed by atoms with Crippen molar-refractivity contribution in [2.45, 2.75) is 12.5 Å². The van der Waals surface area contributed by atoms with E-state index in [1.54, 1.807) is 23.9 Å². The van der Waals surface area contributed by atoms with Crippen molar-refractivity contribution in [3.63, 3.8) is 0 Å². The third-order valence-electron chi connectivity index (χ3n) is 2.34. The Balaban J connectivity index is 2.10. The average molecular weight is 214 g/mol. The monoisotopic (exact) mass is 214 g/mol. The van der Waals surface area contributed by atoms with Crippen LogP contribution < -0.4 is 11.1 Å². The molecule has 15 heavy (non-hydrogen) atoms. The summed E-state index contributed by atoms with van der Waals surface area (Å²) in [6.45, 7) is 2.00. The minimum Gasteiger partial charge on any atom is -0.370 e. The molecule has 86 valence electrons. The predicted molar refractivity (Wildman–Crippen MR) is 56.3 cm³/mol. The number of urea groups is 1. The van der Waals surface area contributed by atoms with Gasteiger partial charge in [0, 0.05) is 46.2 Å². The second kappa shape index (κ2) is 4.97. The third kappa shape index (κ3) is 3.39. The van der Waals surface area contributed by atoms with E-state index in [0.29, 0.717) is 32.1 Å². The van der Waals surface area contributed by atoms with E-state index in [1.807, 2.05) is 0 Å². The van der Waals surface area contributed by atoms with E-state index in [1.165, 1.54) is 0 Å². The van der Waals surface area contributed by atoms with Crippen LogP contribution in [0.5, 0.6) is 0 Å². The number of primary amides is 1. The summed E-state index contributed by atoms with van der Waals surface area (Å²) in [4.78, 5) is 25.2. The molecule has 3 N–H and O–H groups in total. The molecule has 0 atom stereocenters. The molecule has 0 spiro atoms. The van der Waals surface area contributed by atoms with Crippen LogP contribution in [0.3, 0.4) is 0 Å². The van der Waals surface area contributed by atoms with Crippen molar-refractivity contribution in [3.8, 4) is 0 Å². The van der Waals surface area contributed by atoms with E-state index < -0.39 is 0 Å². The van der Waals surface area contributed by atoms with Crippen LogP contribution in [0.2, 0.25) is 0 Å². The lowest BCUT2D eigenvalue weighted by Crippen LogP contribution is -2.61. The average Bonchev–Trinajstić information content (AvgIpc) is 2.07. The number of nitrogens with zero attached hydrogens (tertiary/aromatic N) is 2. The number of carbonyl (C=O) groups is 2. The Morgan fingerprint density at radius 1 is 1.47 bits per heavy atom. The highest BCUT2D eigenvalue weighted by Gasteiger charge is 2.30. The number of amides is 3. The summed E-state index contributed by atoms with van der Waals surface area (Å²) in [5.41, 5.74) is 5.00. The molecule has 1 heterocycles. The van der Waals surface area contributed by atoms with Crippen molar-refractivity contribution in [1.29, 1.82) is 0 Å². The SMILES string of the molecule is CN(C)C(=O)N1CC(NCCC(N)=O)C1. The quantitative estimate of drug-likeness (QED) is 0.618. The summed E-state index contributed by atoms with van der Waals surface area (Å²) in [6, 6.07) is 0.330. The minimum atomic E-state index is -0.303. The van der Waals surface area contributed by atoms with Gasteiger partial charge in [0.2, 0.25) is 5.91 Å². The summed E-state index contributed by atoms with van der Waals surface area (Å²) >= 11 is 0. The number of carbonyl (C=O) groups excluding carboxylic acids is 2. The van der Waals surface area contributed by atoms with Crippen LogP contribution in [-0.4, -0.2) is 61.5 Å². The Morgan fingerprint density at radius 2 is 2.07 bits per heavy atom. The van der Waals surface area contributed by atoms with Crippen LogP contribution >= 0.6 is 0 Å². The molecule has 0 aromatic carbocycles. The molecule has 0 aliphatic carbocycles. The van der Waals surface area contributed by atoms with Gasteiger partial charge in [-0.3, -0.25) is 4.79 Å². The van der Waals surface area contributed by atoms with E-state index >= 15 is 0 Å². The lowest BCUT2D eigenvalue weighted by atomic mass is 10.1. The minimum absolute atomic E-state index is 0.0305. The first-order valence-electron chi connectivity index (χ1n) is 4.98. The summed E-state index contributed by atoms with van der Waals surface area (Å²) in [5, 5.41) is 3.16. The smallest absolute Gasteiger partial charge is 0.319 e. The van der Waals surface area contributed by atoms with Gasteiger partial charge in [0.1, 0.15) is 0 Å². The zero-order valence-corrected chi connectivity index (χ0v) is 9.19. The van der Waals surface area contributed by atoms with E-state index in [9.17, 15) is 9.59 Å². The first kappa shape index (κ1) is 11.8. The largest absolute Gasteiger partial charge is 0.370 e. The molecule has 0 saturated carbocycles. The molecule has 0 unspecified atom stereocenters. The van der Waals surface area contributed by atoms with Gasteiger partial charge in [-0.05, 0) is 0 Å². The van der Waals surface area contributed by atoms with Gasteiger partial charge in [-0.15, -0.1) is 0 Å². The Kier molecular flexibility index (Phi) is 3.90. The fourth-order valence-corrected chi connectivity index (χ4v) is 1.45. The van der Waals surface area contributed by atoms with Crippen LogP contribution in [0, 0.1) is 0 Å². The summed E-state index contributed by atoms with van der Waals surface area (Å²) in [5.74, 6) is -0.303. The number of nitrogens with one attached hydrogen (secondary N) is 1. The molecular formula is C9H18N4O2. The summed E-state index contributed by atoms with van der Waals surface area (Å²) in [6.07, 6.45) is 0.345. The first-order valence-corrected chi connectivity index (χ1v) is 4.98. The highest BCUT2D eigenvalue weighted by molar-refractivity contribution is 5.75. The molecule has 1 aliphatic heterocycles. The molecule has 1 aliphatic rings. The van der Waals surface area contributed by atoms with Gasteiger partial charge >= 0.3 is 6.03 Å². The van der Waals surface area contributed by atoms with Crippen LogP contribution in [-0.2, 0) is 4.79 Å². The fourth-order valence-electron chi connectivity index (χ4n) is 1.45. The second-order valence-electron chi connectivity index (χ2n) is 3.95. The lowest BCUT2D eigenvalue weighted by molar-refractivity contribution is -0.118. The number of hydrogen-bond donors (Lipinski definition) is 2. The highest BCUT2D eigenvalue weighted by Crippen LogP contribution is 2.09. The molecule has 0 aromatic rings. The van der Waals surface area contributed by atoms with Crippen LogP contribution in [0.4, 0.5) is 4.79 Å². The van der Waals surface area contributed by atoms with Crippen LogP contribution in [0.1, 0.15) is 6.42 Å². The normalized spacial score (nSPS) is 16.0. The van der Waals surface area contributed by atoms with E-state index in [-0.39, 0.29) is 11.9 Å². The second-order valence-corrected chi connectivity index (χ2v) is 3.95. The van der Waals surface area contributed by atoms with Crippen molar-refractivity contribution >= 4 is 11.9 Å². The van der Waals surface area contributed by atoms with Gasteiger partial charge in [-0.25, -0.2) is 4.79 Å². The van der Waals surface area contributed by atoms with Crippen LogP contribution in [0.15, 0.2) is 0 Å². The standard InChI is InChI=1S/C9H18N4O2/c1-12(2)9(15)13-5-7(6-13)11-4-3-8(10)14/h7,11H,3-6H2,1-2H3,(H2,10,14). The van der Waals surface area contributed by atoms with Gasteiger partial charge in [0.25, 0.3) is 0 Å². The lowest BCUT2D eigenvalue weighted by Gasteiger charge is -2.40. The summed E-state index contributed by atoms with van der Waals surface area (Å²) < 4.78 is 0. The summed E-state index contributed by atoms with van der Waals surface area (Å²) in [7, 11) is 3.46. The number of nitrogens with two attached hydrogens (primary N) is 1. The molecule has 3 amide bonds. The van der Waals surface area contributed by atoms with Gasteiger partial charge in [0.15, 0.2) is 0 Å². The van der Waals surface area contributed by atoms with Crippen molar-refractivity contribution in [1.82, 2.24) is 15.1 Å². The molecule has 1 saturated heterocycles. The topological polar surface area (TPSA) is 78.7 Å². The molecule has 6 nitrogen and oxygen atoms in total. The van der Waals surface area contributed by atoms with E-state index in [0.717, 1.165) is 0 Å². The predicted octanol–water partition coefficient (Wildman–Crippen LogP) is -1.18. The maximum atomic E-state index is 11.4. The van der Waals surface area contributed by atoms with Crippen molar-refractivity contribution in [2.75, 3.05) is 33.7 Å². The molecular weight excluding hydrogens is 196 g/mol. The van der Waals surface area contributed by atoms with Crippen LogP contribution in [0.25, 0.3) is 0 Å². The zero-order valence-electron chi connectivity index (χ0n) is 9.19. The Bertz CT molecular complexity index is 248. The Labute approximate surface area is 89.4 Å².